The maximum Gasteiger partial charge on any atom is 0.322 e. The van der Waals surface area contributed by atoms with Gasteiger partial charge in [-0.15, -0.1) is 0 Å². The van der Waals surface area contributed by atoms with Gasteiger partial charge in [-0.1, -0.05) is 43.6 Å². The van der Waals surface area contributed by atoms with Crippen LogP contribution in [0.5, 0.6) is 5.75 Å². The summed E-state index contributed by atoms with van der Waals surface area (Å²) in [6.07, 6.45) is -0.459. The summed E-state index contributed by atoms with van der Waals surface area (Å²) in [4.78, 5) is 11.9. The molecule has 0 aromatic heterocycles. The highest BCUT2D eigenvalue weighted by atomic mass is 35.5. The van der Waals surface area contributed by atoms with Crippen LogP contribution in [0.25, 0.3) is 0 Å². The monoisotopic (exact) mass is 332 g/mol. The van der Waals surface area contributed by atoms with Crippen LogP contribution in [0, 0.1) is 0 Å². The molecule has 122 valence electrons. The van der Waals surface area contributed by atoms with Crippen molar-refractivity contribution in [2.75, 3.05) is 5.32 Å². The van der Waals surface area contributed by atoms with Crippen LogP contribution in [0.15, 0.2) is 48.5 Å². The molecule has 0 radical (unpaired) electrons. The lowest BCUT2D eigenvalue weighted by Gasteiger charge is -2.17. The van der Waals surface area contributed by atoms with E-state index in [4.69, 9.17) is 16.3 Å². The standard InChI is InChI=1S/C18H21ClN2O2/c1-12(2)14-7-9-17(10-8-14)23-13(3)20-18(22)21-16-6-4-5-15(19)11-16/h4-13H,1-3H3,(H2,20,21,22). The minimum Gasteiger partial charge on any atom is -0.471 e. The lowest BCUT2D eigenvalue weighted by atomic mass is 10.0. The van der Waals surface area contributed by atoms with E-state index in [2.05, 4.69) is 24.5 Å². The highest BCUT2D eigenvalue weighted by Gasteiger charge is 2.09. The molecule has 0 saturated heterocycles. The number of amides is 2. The van der Waals surface area contributed by atoms with E-state index in [1.807, 2.05) is 24.3 Å². The fourth-order valence-corrected chi connectivity index (χ4v) is 2.27. The zero-order chi connectivity index (χ0) is 16.8. The number of ether oxygens (including phenoxy) is 1. The van der Waals surface area contributed by atoms with Crippen molar-refractivity contribution in [2.45, 2.75) is 32.9 Å². The van der Waals surface area contributed by atoms with E-state index in [1.54, 1.807) is 31.2 Å². The van der Waals surface area contributed by atoms with Gasteiger partial charge in [0.1, 0.15) is 5.75 Å². The van der Waals surface area contributed by atoms with E-state index >= 15 is 0 Å². The SMILES string of the molecule is CC(NC(=O)Nc1cccc(Cl)c1)Oc1ccc(C(C)C)cc1. The molecule has 2 N–H and O–H groups in total. The van der Waals surface area contributed by atoms with Crippen molar-refractivity contribution < 1.29 is 9.53 Å². The quantitative estimate of drug-likeness (QED) is 0.756. The van der Waals surface area contributed by atoms with Gasteiger partial charge in [0.2, 0.25) is 0 Å². The number of anilines is 1. The Morgan fingerprint density at radius 3 is 2.39 bits per heavy atom. The summed E-state index contributed by atoms with van der Waals surface area (Å²) in [7, 11) is 0. The highest BCUT2D eigenvalue weighted by Crippen LogP contribution is 2.19. The molecule has 0 aliphatic rings. The largest absolute Gasteiger partial charge is 0.471 e. The second-order valence-electron chi connectivity index (χ2n) is 5.59. The van der Waals surface area contributed by atoms with E-state index in [1.165, 1.54) is 5.56 Å². The number of carbonyl (C=O) groups excluding carboxylic acids is 1. The van der Waals surface area contributed by atoms with Gasteiger partial charge in [0.25, 0.3) is 0 Å². The summed E-state index contributed by atoms with van der Waals surface area (Å²) in [6.45, 7) is 6.05. The number of rotatable bonds is 5. The molecule has 5 heteroatoms. The first-order valence-electron chi connectivity index (χ1n) is 7.54. The maximum absolute atomic E-state index is 11.9. The van der Waals surface area contributed by atoms with E-state index in [9.17, 15) is 4.79 Å². The Balaban J connectivity index is 1.86. The van der Waals surface area contributed by atoms with Crippen molar-refractivity contribution in [3.8, 4) is 5.75 Å². The predicted molar refractivity (Wildman–Crippen MR) is 94.2 cm³/mol. The first kappa shape index (κ1) is 17.2. The molecular formula is C18H21ClN2O2. The van der Waals surface area contributed by atoms with Crippen LogP contribution in [-0.4, -0.2) is 12.3 Å². The van der Waals surface area contributed by atoms with Crippen LogP contribution in [0.1, 0.15) is 32.3 Å². The van der Waals surface area contributed by atoms with E-state index < -0.39 is 6.23 Å². The molecule has 0 heterocycles. The molecule has 0 saturated carbocycles. The van der Waals surface area contributed by atoms with Crippen LogP contribution in [-0.2, 0) is 0 Å². The van der Waals surface area contributed by atoms with Crippen LogP contribution >= 0.6 is 11.6 Å². The average molecular weight is 333 g/mol. The summed E-state index contributed by atoms with van der Waals surface area (Å²) in [5, 5.41) is 5.99. The van der Waals surface area contributed by atoms with Gasteiger partial charge in [0, 0.05) is 10.7 Å². The summed E-state index contributed by atoms with van der Waals surface area (Å²) >= 11 is 5.88. The number of hydrogen-bond donors (Lipinski definition) is 2. The molecule has 0 bridgehead atoms. The molecule has 1 atom stereocenters. The Hall–Kier alpha value is -2.20. The van der Waals surface area contributed by atoms with Gasteiger partial charge in [-0.25, -0.2) is 4.79 Å². The van der Waals surface area contributed by atoms with Gasteiger partial charge < -0.3 is 15.4 Å². The number of hydrogen-bond acceptors (Lipinski definition) is 2. The Morgan fingerprint density at radius 2 is 1.78 bits per heavy atom. The summed E-state index contributed by atoms with van der Waals surface area (Å²) in [5.41, 5.74) is 1.88. The third-order valence-corrected chi connectivity index (χ3v) is 3.51. The molecule has 2 amide bonds. The zero-order valence-electron chi connectivity index (χ0n) is 13.5. The topological polar surface area (TPSA) is 50.4 Å². The fourth-order valence-electron chi connectivity index (χ4n) is 2.08. The Kier molecular flexibility index (Phi) is 5.88. The molecule has 0 aliphatic carbocycles. The van der Waals surface area contributed by atoms with Crippen LogP contribution in [0.2, 0.25) is 5.02 Å². The Labute approximate surface area is 141 Å². The molecular weight excluding hydrogens is 312 g/mol. The number of urea groups is 1. The van der Waals surface area contributed by atoms with Gasteiger partial charge in [-0.2, -0.15) is 0 Å². The second-order valence-corrected chi connectivity index (χ2v) is 6.03. The molecule has 23 heavy (non-hydrogen) atoms. The van der Waals surface area contributed by atoms with Crippen molar-refractivity contribution in [3.63, 3.8) is 0 Å². The first-order valence-corrected chi connectivity index (χ1v) is 7.91. The number of carbonyl (C=O) groups is 1. The Morgan fingerprint density at radius 1 is 1.09 bits per heavy atom. The molecule has 0 aliphatic heterocycles. The van der Waals surface area contributed by atoms with Gasteiger partial charge in [0.05, 0.1) is 0 Å². The molecule has 2 aromatic carbocycles. The maximum atomic E-state index is 11.9. The summed E-state index contributed by atoms with van der Waals surface area (Å²) in [6, 6.07) is 14.5. The van der Waals surface area contributed by atoms with E-state index in [-0.39, 0.29) is 6.03 Å². The smallest absolute Gasteiger partial charge is 0.322 e. The van der Waals surface area contributed by atoms with Crippen LogP contribution in [0.4, 0.5) is 10.5 Å². The third-order valence-electron chi connectivity index (χ3n) is 3.28. The zero-order valence-corrected chi connectivity index (χ0v) is 14.2. The fraction of sp³-hybridized carbons (Fsp3) is 0.278. The van der Waals surface area contributed by atoms with Crippen molar-refractivity contribution in [3.05, 3.63) is 59.1 Å². The average Bonchev–Trinajstić information content (AvgIpc) is 2.47. The number of benzene rings is 2. The third kappa shape index (κ3) is 5.49. The minimum absolute atomic E-state index is 0.349. The molecule has 2 aromatic rings. The molecule has 0 spiro atoms. The van der Waals surface area contributed by atoms with Crippen molar-refractivity contribution in [1.29, 1.82) is 0 Å². The molecule has 2 rings (SSSR count). The van der Waals surface area contributed by atoms with Crippen molar-refractivity contribution in [1.82, 2.24) is 5.32 Å². The number of halogens is 1. The molecule has 4 nitrogen and oxygen atoms in total. The molecule has 0 fully saturated rings. The Bertz CT molecular complexity index is 656. The van der Waals surface area contributed by atoms with E-state index in [0.717, 1.165) is 0 Å². The van der Waals surface area contributed by atoms with Gasteiger partial charge in [-0.3, -0.25) is 0 Å². The van der Waals surface area contributed by atoms with Crippen LogP contribution < -0.4 is 15.4 Å². The normalized spacial score (nSPS) is 11.9. The highest BCUT2D eigenvalue weighted by molar-refractivity contribution is 6.30. The minimum atomic E-state index is -0.459. The summed E-state index contributed by atoms with van der Waals surface area (Å²) in [5.74, 6) is 1.19. The van der Waals surface area contributed by atoms with Crippen LogP contribution in [0.3, 0.4) is 0 Å². The van der Waals surface area contributed by atoms with Crippen molar-refractivity contribution in [2.24, 2.45) is 0 Å². The van der Waals surface area contributed by atoms with Gasteiger partial charge in [0.15, 0.2) is 6.23 Å². The summed E-state index contributed by atoms with van der Waals surface area (Å²) < 4.78 is 5.68. The number of nitrogens with one attached hydrogen (secondary N) is 2. The lowest BCUT2D eigenvalue weighted by Crippen LogP contribution is -2.39. The van der Waals surface area contributed by atoms with E-state index in [0.29, 0.717) is 22.4 Å². The first-order chi connectivity index (χ1) is 10.9. The second kappa shape index (κ2) is 7.88. The lowest BCUT2D eigenvalue weighted by molar-refractivity contribution is 0.183. The van der Waals surface area contributed by atoms with Gasteiger partial charge in [-0.05, 0) is 48.7 Å². The predicted octanol–water partition coefficient (Wildman–Crippen LogP) is 5.01. The van der Waals surface area contributed by atoms with Gasteiger partial charge >= 0.3 is 6.03 Å². The van der Waals surface area contributed by atoms with Crippen molar-refractivity contribution >= 4 is 23.3 Å². The molecule has 1 unspecified atom stereocenters.